The summed E-state index contributed by atoms with van der Waals surface area (Å²) in [5, 5.41) is 5.73. The van der Waals surface area contributed by atoms with Gasteiger partial charge in [-0.3, -0.25) is 9.69 Å². The maximum Gasteiger partial charge on any atom is 0.322 e. The Morgan fingerprint density at radius 2 is 2.25 bits per heavy atom. The lowest BCUT2D eigenvalue weighted by Gasteiger charge is -2.20. The average molecular weight is 355 g/mol. The van der Waals surface area contributed by atoms with Gasteiger partial charge in [0.15, 0.2) is 0 Å². The van der Waals surface area contributed by atoms with Crippen molar-refractivity contribution in [1.29, 1.82) is 0 Å². The van der Waals surface area contributed by atoms with E-state index in [0.29, 0.717) is 42.6 Å². The number of urea groups is 1. The molecule has 8 heteroatoms. The number of benzene rings is 1. The number of amides is 3. The summed E-state index contributed by atoms with van der Waals surface area (Å²) < 4.78 is 5.32. The molecule has 0 radical (unpaired) electrons. The van der Waals surface area contributed by atoms with Gasteiger partial charge in [-0.25, -0.2) is 4.79 Å². The van der Waals surface area contributed by atoms with Gasteiger partial charge in [0.1, 0.15) is 5.75 Å². The van der Waals surface area contributed by atoms with Gasteiger partial charge in [-0.1, -0.05) is 0 Å². The SMILES string of the molecule is COc1ccc(C(=O)NC(CN)C2CC2)cc1N1CCNC1=O.Cl. The van der Waals surface area contributed by atoms with E-state index in [-0.39, 0.29) is 30.4 Å². The zero-order valence-electron chi connectivity index (χ0n) is 13.6. The maximum atomic E-state index is 12.5. The molecule has 1 unspecified atom stereocenters. The van der Waals surface area contributed by atoms with Crippen molar-refractivity contribution in [2.75, 3.05) is 31.6 Å². The fraction of sp³-hybridized carbons (Fsp3) is 0.500. The second kappa shape index (κ2) is 7.72. The summed E-state index contributed by atoms with van der Waals surface area (Å²) >= 11 is 0. The third-order valence-corrected chi connectivity index (χ3v) is 4.35. The van der Waals surface area contributed by atoms with E-state index in [1.165, 1.54) is 0 Å². The van der Waals surface area contributed by atoms with E-state index >= 15 is 0 Å². The summed E-state index contributed by atoms with van der Waals surface area (Å²) in [4.78, 5) is 25.9. The summed E-state index contributed by atoms with van der Waals surface area (Å²) in [6.45, 7) is 1.57. The van der Waals surface area contributed by atoms with Gasteiger partial charge in [0.05, 0.1) is 12.8 Å². The van der Waals surface area contributed by atoms with Crippen LogP contribution in [0.5, 0.6) is 5.75 Å². The van der Waals surface area contributed by atoms with Gasteiger partial charge in [-0.2, -0.15) is 0 Å². The number of anilines is 1. The van der Waals surface area contributed by atoms with Gasteiger partial charge < -0.3 is 21.1 Å². The predicted octanol–water partition coefficient (Wildman–Crippen LogP) is 1.11. The largest absolute Gasteiger partial charge is 0.495 e. The Morgan fingerprint density at radius 3 is 2.79 bits per heavy atom. The number of halogens is 1. The van der Waals surface area contributed by atoms with E-state index in [1.54, 1.807) is 30.2 Å². The predicted molar refractivity (Wildman–Crippen MR) is 94.0 cm³/mol. The zero-order chi connectivity index (χ0) is 16.4. The number of nitrogens with zero attached hydrogens (tertiary/aromatic N) is 1. The minimum atomic E-state index is -0.182. The third-order valence-electron chi connectivity index (χ3n) is 4.35. The highest BCUT2D eigenvalue weighted by Crippen LogP contribution is 2.33. The van der Waals surface area contributed by atoms with E-state index in [1.807, 2.05) is 0 Å². The highest BCUT2D eigenvalue weighted by Gasteiger charge is 2.32. The Morgan fingerprint density at radius 1 is 1.50 bits per heavy atom. The van der Waals surface area contributed by atoms with E-state index in [2.05, 4.69) is 10.6 Å². The average Bonchev–Trinajstić information content (AvgIpc) is 3.33. The summed E-state index contributed by atoms with van der Waals surface area (Å²) in [6, 6.07) is 4.94. The van der Waals surface area contributed by atoms with Crippen LogP contribution in [0.1, 0.15) is 23.2 Å². The molecule has 3 amide bonds. The number of nitrogens with two attached hydrogens (primary N) is 1. The van der Waals surface area contributed by atoms with Crippen molar-refractivity contribution in [2.24, 2.45) is 11.7 Å². The number of ether oxygens (including phenoxy) is 1. The van der Waals surface area contributed by atoms with E-state index in [0.717, 1.165) is 12.8 Å². The molecule has 2 fully saturated rings. The molecular formula is C16H23ClN4O3. The fourth-order valence-electron chi connectivity index (χ4n) is 2.86. The topological polar surface area (TPSA) is 96.7 Å². The molecule has 1 saturated carbocycles. The van der Waals surface area contributed by atoms with Crippen LogP contribution >= 0.6 is 12.4 Å². The van der Waals surface area contributed by atoms with Crippen LogP contribution in [0.15, 0.2) is 18.2 Å². The van der Waals surface area contributed by atoms with E-state index in [4.69, 9.17) is 10.5 Å². The van der Waals surface area contributed by atoms with Crippen LogP contribution < -0.4 is 26.0 Å². The first-order chi connectivity index (χ1) is 11.1. The van der Waals surface area contributed by atoms with Gasteiger partial charge in [0.25, 0.3) is 5.91 Å². The van der Waals surface area contributed by atoms with Crippen molar-refractivity contribution in [1.82, 2.24) is 10.6 Å². The lowest BCUT2D eigenvalue weighted by Crippen LogP contribution is -2.41. The Hall–Kier alpha value is -1.99. The number of rotatable bonds is 6. The Bertz CT molecular complexity index is 621. The molecule has 1 aliphatic heterocycles. The molecule has 1 aliphatic carbocycles. The fourth-order valence-corrected chi connectivity index (χ4v) is 2.86. The number of methoxy groups -OCH3 is 1. The molecule has 7 nitrogen and oxygen atoms in total. The first-order valence-corrected chi connectivity index (χ1v) is 7.88. The molecule has 0 spiro atoms. The van der Waals surface area contributed by atoms with Gasteiger partial charge in [-0.15, -0.1) is 12.4 Å². The minimum Gasteiger partial charge on any atom is -0.495 e. The lowest BCUT2D eigenvalue weighted by molar-refractivity contribution is 0.0933. The van der Waals surface area contributed by atoms with Crippen LogP contribution in [0, 0.1) is 5.92 Å². The zero-order valence-corrected chi connectivity index (χ0v) is 14.4. The highest BCUT2D eigenvalue weighted by atomic mass is 35.5. The van der Waals surface area contributed by atoms with Crippen LogP contribution in [-0.4, -0.2) is 44.7 Å². The molecule has 0 aromatic heterocycles. The quantitative estimate of drug-likeness (QED) is 0.713. The third kappa shape index (κ3) is 3.73. The Balaban J connectivity index is 0.00000208. The Kier molecular flexibility index (Phi) is 5.90. The molecule has 24 heavy (non-hydrogen) atoms. The van der Waals surface area contributed by atoms with E-state index in [9.17, 15) is 9.59 Å². The molecule has 132 valence electrons. The van der Waals surface area contributed by atoms with Crippen molar-refractivity contribution >= 4 is 30.0 Å². The maximum absolute atomic E-state index is 12.5. The van der Waals surface area contributed by atoms with Crippen molar-refractivity contribution in [3.05, 3.63) is 23.8 Å². The smallest absolute Gasteiger partial charge is 0.322 e. The molecule has 4 N–H and O–H groups in total. The lowest BCUT2D eigenvalue weighted by atomic mass is 10.1. The van der Waals surface area contributed by atoms with Crippen molar-refractivity contribution in [2.45, 2.75) is 18.9 Å². The van der Waals surface area contributed by atoms with Crippen LogP contribution in [0.2, 0.25) is 0 Å². The molecule has 1 aromatic rings. The van der Waals surface area contributed by atoms with E-state index < -0.39 is 0 Å². The molecular weight excluding hydrogens is 332 g/mol. The monoisotopic (exact) mass is 354 g/mol. The minimum absolute atomic E-state index is 0. The number of hydrogen-bond acceptors (Lipinski definition) is 4. The Labute approximate surface area is 147 Å². The second-order valence-corrected chi connectivity index (χ2v) is 5.92. The first kappa shape index (κ1) is 18.4. The number of carbonyl (C=O) groups excluding carboxylic acids is 2. The van der Waals surface area contributed by atoms with Crippen LogP contribution in [0.25, 0.3) is 0 Å². The molecule has 1 heterocycles. The molecule has 3 rings (SSSR count). The van der Waals surface area contributed by atoms with Gasteiger partial charge in [-0.05, 0) is 37.0 Å². The number of carbonyl (C=O) groups is 2. The van der Waals surface area contributed by atoms with Crippen molar-refractivity contribution < 1.29 is 14.3 Å². The molecule has 0 bridgehead atoms. The van der Waals surface area contributed by atoms with Crippen molar-refractivity contribution in [3.63, 3.8) is 0 Å². The summed E-state index contributed by atoms with van der Waals surface area (Å²) in [5.74, 6) is 0.887. The van der Waals surface area contributed by atoms with Crippen LogP contribution in [0.4, 0.5) is 10.5 Å². The first-order valence-electron chi connectivity index (χ1n) is 7.88. The molecule has 1 saturated heterocycles. The van der Waals surface area contributed by atoms with Crippen molar-refractivity contribution in [3.8, 4) is 5.75 Å². The summed E-state index contributed by atoms with van der Waals surface area (Å²) in [7, 11) is 1.55. The normalized spacial score (nSPS) is 17.8. The van der Waals surface area contributed by atoms with Crippen LogP contribution in [0.3, 0.4) is 0 Å². The molecule has 1 atom stereocenters. The summed E-state index contributed by atoms with van der Waals surface area (Å²) in [5.41, 5.74) is 6.84. The standard InChI is InChI=1S/C16H22N4O3.ClH/c1-23-14-5-4-11(8-13(14)20-7-6-18-16(20)22)15(21)19-12(9-17)10-2-3-10;/h4-5,8,10,12H,2-3,6-7,9,17H2,1H3,(H,18,22)(H,19,21);1H. The van der Waals surface area contributed by atoms with Gasteiger partial charge in [0, 0.05) is 31.2 Å². The second-order valence-electron chi connectivity index (χ2n) is 5.92. The number of nitrogens with one attached hydrogen (secondary N) is 2. The van der Waals surface area contributed by atoms with Crippen LogP contribution in [-0.2, 0) is 0 Å². The molecule has 2 aliphatic rings. The van der Waals surface area contributed by atoms with Gasteiger partial charge >= 0.3 is 6.03 Å². The van der Waals surface area contributed by atoms with Gasteiger partial charge in [0.2, 0.25) is 0 Å². The summed E-state index contributed by atoms with van der Waals surface area (Å²) in [6.07, 6.45) is 2.23. The number of hydrogen-bond donors (Lipinski definition) is 3. The molecule has 1 aromatic carbocycles. The highest BCUT2D eigenvalue weighted by molar-refractivity contribution is 6.00.